The summed E-state index contributed by atoms with van der Waals surface area (Å²) >= 11 is 0. The first-order chi connectivity index (χ1) is 13.6. The van der Waals surface area contributed by atoms with Crippen molar-refractivity contribution in [3.05, 3.63) is 36.2 Å². The van der Waals surface area contributed by atoms with Crippen LogP contribution in [0.3, 0.4) is 0 Å². The Morgan fingerprint density at radius 2 is 1.50 bits per heavy atom. The molecule has 150 valence electrons. The van der Waals surface area contributed by atoms with E-state index in [0.717, 1.165) is 25.9 Å². The van der Waals surface area contributed by atoms with Gasteiger partial charge in [-0.2, -0.15) is 15.0 Å². The maximum Gasteiger partial charge on any atom is 0.240 e. The SMILES string of the molecule is O=S(=O)(NCc1nc(N2CCCC2)nc(N2CCOCC2)n1)c1ccccc1. The van der Waals surface area contributed by atoms with Gasteiger partial charge in [-0.3, -0.25) is 0 Å². The number of nitrogens with one attached hydrogen (secondary N) is 1. The molecule has 0 amide bonds. The van der Waals surface area contributed by atoms with Gasteiger partial charge in [-0.15, -0.1) is 0 Å². The van der Waals surface area contributed by atoms with Gasteiger partial charge in [0, 0.05) is 26.2 Å². The lowest BCUT2D eigenvalue weighted by Gasteiger charge is -2.28. The van der Waals surface area contributed by atoms with Crippen LogP contribution in [0.5, 0.6) is 0 Å². The Balaban J connectivity index is 1.57. The van der Waals surface area contributed by atoms with Gasteiger partial charge in [0.15, 0.2) is 5.82 Å². The number of ether oxygens (including phenoxy) is 1. The van der Waals surface area contributed by atoms with Crippen molar-refractivity contribution >= 4 is 21.9 Å². The average molecular weight is 404 g/mol. The Morgan fingerprint density at radius 1 is 0.893 bits per heavy atom. The van der Waals surface area contributed by atoms with Crippen molar-refractivity contribution in [1.82, 2.24) is 19.7 Å². The minimum atomic E-state index is -3.63. The van der Waals surface area contributed by atoms with E-state index < -0.39 is 10.0 Å². The Morgan fingerprint density at radius 3 is 2.14 bits per heavy atom. The normalized spacial score (nSPS) is 17.9. The first-order valence-electron chi connectivity index (χ1n) is 9.49. The summed E-state index contributed by atoms with van der Waals surface area (Å²) in [4.78, 5) is 18.1. The first kappa shape index (κ1) is 19.0. The number of hydrogen-bond acceptors (Lipinski definition) is 8. The molecule has 1 aromatic heterocycles. The molecule has 0 radical (unpaired) electrons. The average Bonchev–Trinajstić information content (AvgIpc) is 3.29. The van der Waals surface area contributed by atoms with Crippen LogP contribution in [-0.4, -0.2) is 62.8 Å². The van der Waals surface area contributed by atoms with Gasteiger partial charge in [0.25, 0.3) is 0 Å². The summed E-state index contributed by atoms with van der Waals surface area (Å²) in [5.74, 6) is 1.61. The molecule has 0 aliphatic carbocycles. The molecule has 2 aromatic rings. The zero-order chi connectivity index (χ0) is 19.4. The van der Waals surface area contributed by atoms with Gasteiger partial charge >= 0.3 is 0 Å². The number of sulfonamides is 1. The zero-order valence-corrected chi connectivity index (χ0v) is 16.4. The molecule has 2 saturated heterocycles. The van der Waals surface area contributed by atoms with Crippen LogP contribution in [0, 0.1) is 0 Å². The van der Waals surface area contributed by atoms with Crippen LogP contribution < -0.4 is 14.5 Å². The molecule has 3 heterocycles. The van der Waals surface area contributed by atoms with Crippen LogP contribution >= 0.6 is 0 Å². The van der Waals surface area contributed by atoms with Crippen LogP contribution in [0.2, 0.25) is 0 Å². The van der Waals surface area contributed by atoms with E-state index in [2.05, 4.69) is 29.5 Å². The van der Waals surface area contributed by atoms with Crippen molar-refractivity contribution in [3.8, 4) is 0 Å². The third-order valence-corrected chi connectivity index (χ3v) is 6.23. The van der Waals surface area contributed by atoms with Crippen molar-refractivity contribution in [2.24, 2.45) is 0 Å². The lowest BCUT2D eigenvalue weighted by Crippen LogP contribution is -2.38. The predicted octanol–water partition coefficient (Wildman–Crippen LogP) is 0.787. The van der Waals surface area contributed by atoms with E-state index in [1.807, 2.05) is 0 Å². The standard InChI is InChI=1S/C18H24N6O3S/c25-28(26,15-6-2-1-3-7-15)19-14-16-20-17(23-8-4-5-9-23)22-18(21-16)24-10-12-27-13-11-24/h1-3,6-7,19H,4-5,8-14H2. The highest BCUT2D eigenvalue weighted by atomic mass is 32.2. The van der Waals surface area contributed by atoms with Gasteiger partial charge in [-0.05, 0) is 25.0 Å². The second-order valence-corrected chi connectivity index (χ2v) is 8.55. The molecule has 0 saturated carbocycles. The minimum absolute atomic E-state index is 0.0118. The number of nitrogens with zero attached hydrogens (tertiary/aromatic N) is 5. The number of aromatic nitrogens is 3. The summed E-state index contributed by atoms with van der Waals surface area (Å²) in [6, 6.07) is 8.29. The summed E-state index contributed by atoms with van der Waals surface area (Å²) in [5, 5.41) is 0. The molecule has 0 spiro atoms. The third-order valence-electron chi connectivity index (χ3n) is 4.81. The molecular formula is C18H24N6O3S. The summed E-state index contributed by atoms with van der Waals surface area (Å²) in [6.45, 7) is 4.49. The zero-order valence-electron chi connectivity index (χ0n) is 15.6. The first-order valence-corrected chi connectivity index (χ1v) is 11.0. The van der Waals surface area contributed by atoms with Crippen molar-refractivity contribution in [1.29, 1.82) is 0 Å². The van der Waals surface area contributed by atoms with E-state index in [-0.39, 0.29) is 11.4 Å². The van der Waals surface area contributed by atoms with Crippen molar-refractivity contribution in [2.75, 3.05) is 49.2 Å². The van der Waals surface area contributed by atoms with Crippen LogP contribution in [0.25, 0.3) is 0 Å². The Hall–Kier alpha value is -2.30. The molecule has 1 N–H and O–H groups in total. The molecule has 2 aliphatic rings. The van der Waals surface area contributed by atoms with Gasteiger partial charge in [-0.1, -0.05) is 18.2 Å². The smallest absolute Gasteiger partial charge is 0.240 e. The number of hydrogen-bond donors (Lipinski definition) is 1. The highest BCUT2D eigenvalue weighted by Gasteiger charge is 2.22. The fourth-order valence-corrected chi connectivity index (χ4v) is 4.28. The van der Waals surface area contributed by atoms with E-state index >= 15 is 0 Å². The monoisotopic (exact) mass is 404 g/mol. The topological polar surface area (TPSA) is 101 Å². The number of benzene rings is 1. The Bertz CT molecular complexity index is 897. The maximum absolute atomic E-state index is 12.5. The summed E-state index contributed by atoms with van der Waals surface area (Å²) in [7, 11) is -3.63. The summed E-state index contributed by atoms with van der Waals surface area (Å²) in [6.07, 6.45) is 2.21. The lowest BCUT2D eigenvalue weighted by molar-refractivity contribution is 0.122. The molecule has 0 unspecified atom stereocenters. The van der Waals surface area contributed by atoms with Gasteiger partial charge in [0.1, 0.15) is 0 Å². The van der Waals surface area contributed by atoms with Crippen molar-refractivity contribution in [3.63, 3.8) is 0 Å². The maximum atomic E-state index is 12.5. The molecule has 9 nitrogen and oxygen atoms in total. The number of anilines is 2. The van der Waals surface area contributed by atoms with E-state index in [1.54, 1.807) is 30.3 Å². The lowest BCUT2D eigenvalue weighted by atomic mass is 10.4. The number of morpholine rings is 1. The van der Waals surface area contributed by atoms with Gasteiger partial charge in [0.2, 0.25) is 21.9 Å². The van der Waals surface area contributed by atoms with Gasteiger partial charge < -0.3 is 14.5 Å². The quantitative estimate of drug-likeness (QED) is 0.754. The molecule has 4 rings (SSSR count). The van der Waals surface area contributed by atoms with E-state index in [9.17, 15) is 8.42 Å². The van der Waals surface area contributed by atoms with Crippen LogP contribution in [-0.2, 0) is 21.3 Å². The second-order valence-electron chi connectivity index (χ2n) is 6.78. The van der Waals surface area contributed by atoms with Crippen LogP contribution in [0.15, 0.2) is 35.2 Å². The Labute approximate surface area is 164 Å². The van der Waals surface area contributed by atoms with Crippen molar-refractivity contribution < 1.29 is 13.2 Å². The van der Waals surface area contributed by atoms with E-state index in [4.69, 9.17) is 4.74 Å². The Kier molecular flexibility index (Phi) is 5.69. The fourth-order valence-electron chi connectivity index (χ4n) is 3.28. The third kappa shape index (κ3) is 4.40. The second kappa shape index (κ2) is 8.38. The van der Waals surface area contributed by atoms with E-state index in [1.165, 1.54) is 0 Å². The van der Waals surface area contributed by atoms with Crippen LogP contribution in [0.1, 0.15) is 18.7 Å². The summed E-state index contributed by atoms with van der Waals surface area (Å²) in [5.41, 5.74) is 0. The number of rotatable bonds is 6. The molecule has 10 heteroatoms. The minimum Gasteiger partial charge on any atom is -0.378 e. The molecule has 0 bridgehead atoms. The summed E-state index contributed by atoms with van der Waals surface area (Å²) < 4.78 is 33.0. The van der Waals surface area contributed by atoms with Crippen molar-refractivity contribution in [2.45, 2.75) is 24.3 Å². The van der Waals surface area contributed by atoms with E-state index in [0.29, 0.717) is 44.0 Å². The predicted molar refractivity (Wildman–Crippen MR) is 105 cm³/mol. The molecule has 2 fully saturated rings. The molecular weight excluding hydrogens is 380 g/mol. The molecule has 2 aliphatic heterocycles. The molecule has 0 atom stereocenters. The highest BCUT2D eigenvalue weighted by Crippen LogP contribution is 2.20. The fraction of sp³-hybridized carbons (Fsp3) is 0.500. The highest BCUT2D eigenvalue weighted by molar-refractivity contribution is 7.89. The van der Waals surface area contributed by atoms with Gasteiger partial charge in [-0.25, -0.2) is 13.1 Å². The molecule has 28 heavy (non-hydrogen) atoms. The largest absolute Gasteiger partial charge is 0.378 e. The molecule has 1 aromatic carbocycles. The van der Waals surface area contributed by atoms with Gasteiger partial charge in [0.05, 0.1) is 24.7 Å². The van der Waals surface area contributed by atoms with Crippen LogP contribution in [0.4, 0.5) is 11.9 Å².